The van der Waals surface area contributed by atoms with E-state index >= 15 is 0 Å². The molecule has 0 spiro atoms. The fraction of sp³-hybridized carbons (Fsp3) is 0.0909. The molecular formula is C44H33NO. The van der Waals surface area contributed by atoms with Crippen LogP contribution in [0.3, 0.4) is 0 Å². The highest BCUT2D eigenvalue weighted by molar-refractivity contribution is 6.09. The lowest BCUT2D eigenvalue weighted by atomic mass is 9.72. The number of benzene rings is 5. The molecule has 2 nitrogen and oxygen atoms in total. The van der Waals surface area contributed by atoms with Crippen LogP contribution in [0.4, 0.5) is 11.4 Å². The van der Waals surface area contributed by atoms with E-state index in [2.05, 4.69) is 157 Å². The van der Waals surface area contributed by atoms with Crippen LogP contribution in [-0.4, -0.2) is 0 Å². The number of nitrogens with zero attached hydrogens (tertiary/aromatic N) is 1. The van der Waals surface area contributed by atoms with E-state index in [9.17, 15) is 0 Å². The summed E-state index contributed by atoms with van der Waals surface area (Å²) < 4.78 is 6.39. The lowest BCUT2D eigenvalue weighted by Gasteiger charge is -2.40. The molecule has 46 heavy (non-hydrogen) atoms. The Bertz CT molecular complexity index is 2240. The van der Waals surface area contributed by atoms with Crippen molar-refractivity contribution in [2.75, 3.05) is 4.90 Å². The monoisotopic (exact) mass is 591 g/mol. The van der Waals surface area contributed by atoms with Crippen LogP contribution in [0.15, 0.2) is 185 Å². The van der Waals surface area contributed by atoms with E-state index in [1.807, 2.05) is 12.1 Å². The number of allylic oxidation sites excluding steroid dienone is 9. The van der Waals surface area contributed by atoms with Crippen LogP contribution < -0.4 is 4.90 Å². The highest BCUT2D eigenvalue weighted by Gasteiger charge is 2.34. The molecule has 0 fully saturated rings. The van der Waals surface area contributed by atoms with Crippen molar-refractivity contribution in [1.29, 1.82) is 0 Å². The second-order valence-electron chi connectivity index (χ2n) is 12.4. The van der Waals surface area contributed by atoms with Gasteiger partial charge in [-0.15, -0.1) is 0 Å². The number of fused-ring (bicyclic) bond motifs is 5. The Kier molecular flexibility index (Phi) is 6.45. The molecule has 1 heterocycles. The number of rotatable bonds is 5. The van der Waals surface area contributed by atoms with Gasteiger partial charge in [0.25, 0.3) is 0 Å². The topological polar surface area (TPSA) is 16.4 Å². The summed E-state index contributed by atoms with van der Waals surface area (Å²) in [5.41, 5.74) is 13.1. The van der Waals surface area contributed by atoms with Crippen molar-refractivity contribution in [3.63, 3.8) is 0 Å². The molecule has 9 rings (SSSR count). The standard InChI is InChI=1S/C44H33NO/c1-2-11-30(12-3-1)31-21-25-34(26-22-31)45(42-29-33-13-4-5-14-36(33)38-15-6-7-16-39(38)42)35-27-23-32(24-28-35)37-18-10-19-41-40-17-8-9-20-43(40)46-44(37)41/h1-3,5-12,14-29,38-39H,4,13H2. The minimum Gasteiger partial charge on any atom is -0.455 e. The number of anilines is 2. The van der Waals surface area contributed by atoms with Gasteiger partial charge in [-0.25, -0.2) is 0 Å². The highest BCUT2D eigenvalue weighted by Crippen LogP contribution is 2.47. The molecule has 0 bridgehead atoms. The van der Waals surface area contributed by atoms with Gasteiger partial charge in [0.05, 0.1) is 0 Å². The molecule has 0 N–H and O–H groups in total. The first-order chi connectivity index (χ1) is 22.8. The summed E-state index contributed by atoms with van der Waals surface area (Å²) in [6, 6.07) is 43.4. The second kappa shape index (κ2) is 11.1. The number of furan rings is 1. The van der Waals surface area contributed by atoms with Crippen LogP contribution in [0.5, 0.6) is 0 Å². The lowest BCUT2D eigenvalue weighted by molar-refractivity contribution is 0.578. The summed E-state index contributed by atoms with van der Waals surface area (Å²) in [4.78, 5) is 2.48. The number of hydrogen-bond donors (Lipinski definition) is 0. The van der Waals surface area contributed by atoms with Crippen LogP contribution in [-0.2, 0) is 0 Å². The van der Waals surface area contributed by atoms with Gasteiger partial charge in [-0.05, 0) is 77.1 Å². The van der Waals surface area contributed by atoms with Crippen molar-refractivity contribution in [2.24, 2.45) is 11.8 Å². The van der Waals surface area contributed by atoms with Crippen molar-refractivity contribution in [3.8, 4) is 22.3 Å². The molecule has 3 aliphatic carbocycles. The average molecular weight is 592 g/mol. The fourth-order valence-electron chi connectivity index (χ4n) is 7.50. The molecule has 2 heteroatoms. The minimum atomic E-state index is 0.254. The Morgan fingerprint density at radius 2 is 1.26 bits per heavy atom. The molecule has 0 aliphatic heterocycles. The van der Waals surface area contributed by atoms with Gasteiger partial charge >= 0.3 is 0 Å². The first kappa shape index (κ1) is 26.8. The molecule has 1 aromatic heterocycles. The van der Waals surface area contributed by atoms with Crippen LogP contribution in [0.25, 0.3) is 44.2 Å². The fourth-order valence-corrected chi connectivity index (χ4v) is 7.50. The van der Waals surface area contributed by atoms with E-state index in [0.717, 1.165) is 57.3 Å². The summed E-state index contributed by atoms with van der Waals surface area (Å²) in [6.45, 7) is 0. The van der Waals surface area contributed by atoms with Gasteiger partial charge < -0.3 is 9.32 Å². The van der Waals surface area contributed by atoms with Crippen LogP contribution in [0.2, 0.25) is 0 Å². The average Bonchev–Trinajstić information content (AvgIpc) is 3.52. The Balaban J connectivity index is 1.17. The van der Waals surface area contributed by atoms with Crippen LogP contribution in [0, 0.1) is 11.8 Å². The third-order valence-electron chi connectivity index (χ3n) is 9.74. The van der Waals surface area contributed by atoms with Crippen molar-refractivity contribution in [2.45, 2.75) is 12.8 Å². The second-order valence-corrected chi connectivity index (χ2v) is 12.4. The third kappa shape index (κ3) is 4.49. The molecule has 0 saturated heterocycles. The van der Waals surface area contributed by atoms with Crippen molar-refractivity contribution >= 4 is 33.3 Å². The number of hydrogen-bond acceptors (Lipinski definition) is 2. The van der Waals surface area contributed by atoms with E-state index in [0.29, 0.717) is 5.92 Å². The summed E-state index contributed by atoms with van der Waals surface area (Å²) in [6.07, 6.45) is 18.5. The molecule has 6 aromatic rings. The summed E-state index contributed by atoms with van der Waals surface area (Å²) >= 11 is 0. The molecule has 5 aromatic carbocycles. The zero-order chi connectivity index (χ0) is 30.5. The van der Waals surface area contributed by atoms with Crippen molar-refractivity contribution in [1.82, 2.24) is 0 Å². The number of para-hydroxylation sites is 2. The summed E-state index contributed by atoms with van der Waals surface area (Å²) in [5, 5.41) is 2.30. The van der Waals surface area contributed by atoms with Gasteiger partial charge in [0.1, 0.15) is 11.2 Å². The molecule has 2 atom stereocenters. The largest absolute Gasteiger partial charge is 0.455 e. The Morgan fingerprint density at radius 3 is 2.07 bits per heavy atom. The first-order valence-corrected chi connectivity index (χ1v) is 16.2. The van der Waals surface area contributed by atoms with Crippen LogP contribution in [0.1, 0.15) is 12.8 Å². The normalized spacial score (nSPS) is 18.5. The molecule has 220 valence electrons. The predicted octanol–water partition coefficient (Wildman–Crippen LogP) is 12.0. The maximum atomic E-state index is 6.39. The van der Waals surface area contributed by atoms with Gasteiger partial charge in [-0.1, -0.05) is 127 Å². The predicted molar refractivity (Wildman–Crippen MR) is 192 cm³/mol. The van der Waals surface area contributed by atoms with E-state index in [4.69, 9.17) is 4.42 Å². The first-order valence-electron chi connectivity index (χ1n) is 16.2. The molecule has 2 unspecified atom stereocenters. The SMILES string of the molecule is C1=CC2C(N(c3ccc(-c4ccccc4)cc3)c3ccc(-c4cccc5c4oc4ccccc45)cc3)=CC3=C(C=CCC3)C2C=C1. The molecular weight excluding hydrogens is 558 g/mol. The molecule has 3 aliphatic rings. The van der Waals surface area contributed by atoms with E-state index in [1.165, 1.54) is 28.0 Å². The van der Waals surface area contributed by atoms with Crippen LogP contribution >= 0.6 is 0 Å². The van der Waals surface area contributed by atoms with Gasteiger partial charge in [0, 0.05) is 45.2 Å². The smallest absolute Gasteiger partial charge is 0.143 e. The van der Waals surface area contributed by atoms with Gasteiger partial charge in [0.2, 0.25) is 0 Å². The van der Waals surface area contributed by atoms with Crippen molar-refractivity contribution in [3.05, 3.63) is 181 Å². The zero-order valence-electron chi connectivity index (χ0n) is 25.5. The van der Waals surface area contributed by atoms with Gasteiger partial charge in [0.15, 0.2) is 0 Å². The summed E-state index contributed by atoms with van der Waals surface area (Å²) in [7, 11) is 0. The third-order valence-corrected chi connectivity index (χ3v) is 9.74. The van der Waals surface area contributed by atoms with E-state index in [-0.39, 0.29) is 5.92 Å². The quantitative estimate of drug-likeness (QED) is 0.198. The molecule has 0 amide bonds. The van der Waals surface area contributed by atoms with E-state index in [1.54, 1.807) is 0 Å². The zero-order valence-corrected chi connectivity index (χ0v) is 25.5. The van der Waals surface area contributed by atoms with Gasteiger partial charge in [-0.3, -0.25) is 0 Å². The Hall–Kier alpha value is -5.60. The maximum Gasteiger partial charge on any atom is 0.143 e. The van der Waals surface area contributed by atoms with E-state index < -0.39 is 0 Å². The van der Waals surface area contributed by atoms with Gasteiger partial charge in [-0.2, -0.15) is 0 Å². The lowest BCUT2D eigenvalue weighted by Crippen LogP contribution is -2.31. The molecule has 0 saturated carbocycles. The highest BCUT2D eigenvalue weighted by atomic mass is 16.3. The Morgan fingerprint density at radius 1 is 0.587 bits per heavy atom. The molecule has 0 radical (unpaired) electrons. The summed E-state index contributed by atoms with van der Waals surface area (Å²) in [5.74, 6) is 0.594. The Labute approximate surface area is 269 Å². The minimum absolute atomic E-state index is 0.254. The van der Waals surface area contributed by atoms with Crippen molar-refractivity contribution < 1.29 is 4.42 Å². The maximum absolute atomic E-state index is 6.39.